The Kier molecular flexibility index (Phi) is 7.46. The number of carbonyl (C=O) groups is 2. The molecule has 0 atom stereocenters. The lowest BCUT2D eigenvalue weighted by atomic mass is 10.1. The zero-order valence-corrected chi connectivity index (χ0v) is 16.3. The number of thioether (sulfide) groups is 1. The Hall–Kier alpha value is -1.86. The topological polar surface area (TPSA) is 59.5 Å². The maximum atomic E-state index is 12.4. The molecule has 134 valence electrons. The van der Waals surface area contributed by atoms with Gasteiger partial charge in [0.1, 0.15) is 4.34 Å². The average Bonchev–Trinajstić information content (AvgIpc) is 3.04. The van der Waals surface area contributed by atoms with Crippen molar-refractivity contribution in [3.8, 4) is 0 Å². The largest absolute Gasteiger partial charge is 0.469 e. The van der Waals surface area contributed by atoms with E-state index in [1.165, 1.54) is 7.11 Å². The van der Waals surface area contributed by atoms with E-state index in [-0.39, 0.29) is 11.9 Å². The first-order chi connectivity index (χ1) is 12.0. The van der Waals surface area contributed by atoms with Gasteiger partial charge in [-0.2, -0.15) is 0 Å². The summed E-state index contributed by atoms with van der Waals surface area (Å²) in [7, 11) is 3.11. The van der Waals surface area contributed by atoms with Gasteiger partial charge < -0.3 is 9.64 Å². The third-order valence-corrected chi connectivity index (χ3v) is 5.82. The van der Waals surface area contributed by atoms with Crippen LogP contribution in [0.5, 0.6) is 0 Å². The highest BCUT2D eigenvalue weighted by atomic mass is 32.2. The number of hydrogen-bond donors (Lipinski definition) is 0. The van der Waals surface area contributed by atoms with Crippen molar-refractivity contribution in [2.24, 2.45) is 0 Å². The molecule has 0 radical (unpaired) electrons. The van der Waals surface area contributed by atoms with Gasteiger partial charge in [-0.15, -0.1) is 11.3 Å². The molecule has 1 heterocycles. The number of ether oxygens (including phenoxy) is 1. The maximum absolute atomic E-state index is 12.4. The highest BCUT2D eigenvalue weighted by Gasteiger charge is 2.12. The van der Waals surface area contributed by atoms with E-state index in [1.54, 1.807) is 35.0 Å². The summed E-state index contributed by atoms with van der Waals surface area (Å²) in [5.74, 6) is 0.536. The van der Waals surface area contributed by atoms with Crippen LogP contribution in [0.1, 0.15) is 34.5 Å². The summed E-state index contributed by atoms with van der Waals surface area (Å²) in [5, 5.41) is 2.04. The van der Waals surface area contributed by atoms with E-state index in [2.05, 4.69) is 9.72 Å². The van der Waals surface area contributed by atoms with Crippen LogP contribution < -0.4 is 0 Å². The molecule has 1 aromatic carbocycles. The van der Waals surface area contributed by atoms with Crippen LogP contribution in [-0.2, 0) is 15.3 Å². The first-order valence-corrected chi connectivity index (χ1v) is 9.82. The van der Waals surface area contributed by atoms with Gasteiger partial charge in [0.05, 0.1) is 7.11 Å². The van der Waals surface area contributed by atoms with Crippen molar-refractivity contribution in [1.82, 2.24) is 9.88 Å². The molecule has 0 aliphatic heterocycles. The smallest absolute Gasteiger partial charge is 0.305 e. The summed E-state index contributed by atoms with van der Waals surface area (Å²) < 4.78 is 5.66. The molecule has 0 bridgehead atoms. The third kappa shape index (κ3) is 6.17. The Morgan fingerprint density at radius 1 is 1.28 bits per heavy atom. The van der Waals surface area contributed by atoms with Crippen LogP contribution in [0.25, 0.3) is 0 Å². The van der Waals surface area contributed by atoms with Crippen molar-refractivity contribution in [2.45, 2.75) is 29.9 Å². The number of nitrogens with zero attached hydrogens (tertiary/aromatic N) is 2. The van der Waals surface area contributed by atoms with E-state index in [4.69, 9.17) is 0 Å². The number of methoxy groups -OCH3 is 1. The van der Waals surface area contributed by atoms with Gasteiger partial charge in [0.2, 0.25) is 0 Å². The van der Waals surface area contributed by atoms with Crippen molar-refractivity contribution < 1.29 is 14.3 Å². The van der Waals surface area contributed by atoms with Crippen LogP contribution in [0, 0.1) is 6.92 Å². The second-order valence-corrected chi connectivity index (χ2v) is 7.73. The molecular formula is C18H22N2O3S2. The number of amides is 1. The van der Waals surface area contributed by atoms with Crippen molar-refractivity contribution in [1.29, 1.82) is 0 Å². The van der Waals surface area contributed by atoms with Crippen LogP contribution in [0.2, 0.25) is 0 Å². The van der Waals surface area contributed by atoms with Crippen LogP contribution >= 0.6 is 23.1 Å². The number of esters is 1. The molecule has 5 nitrogen and oxygen atoms in total. The van der Waals surface area contributed by atoms with Gasteiger partial charge in [-0.3, -0.25) is 9.59 Å². The van der Waals surface area contributed by atoms with Gasteiger partial charge in [0, 0.05) is 42.4 Å². The molecule has 7 heteroatoms. The molecule has 0 fully saturated rings. The predicted molar refractivity (Wildman–Crippen MR) is 101 cm³/mol. The van der Waals surface area contributed by atoms with E-state index in [0.29, 0.717) is 24.9 Å². The molecule has 0 N–H and O–H groups in total. The van der Waals surface area contributed by atoms with Crippen LogP contribution in [0.4, 0.5) is 0 Å². The summed E-state index contributed by atoms with van der Waals surface area (Å²) in [6, 6.07) is 7.65. The Balaban J connectivity index is 1.83. The van der Waals surface area contributed by atoms with E-state index in [1.807, 2.05) is 36.6 Å². The fourth-order valence-electron chi connectivity index (χ4n) is 2.17. The lowest BCUT2D eigenvalue weighted by Crippen LogP contribution is -2.28. The maximum Gasteiger partial charge on any atom is 0.305 e. The molecule has 0 saturated heterocycles. The number of aryl methyl sites for hydroxylation is 1. The molecule has 1 aromatic heterocycles. The number of aromatic nitrogens is 1. The SMILES string of the molecule is COC(=O)CCCN(C)C(=O)c1ccc(CSc2nc(C)cs2)cc1. The Morgan fingerprint density at radius 2 is 2.00 bits per heavy atom. The molecular weight excluding hydrogens is 356 g/mol. The Labute approximate surface area is 156 Å². The van der Waals surface area contributed by atoms with E-state index >= 15 is 0 Å². The molecule has 25 heavy (non-hydrogen) atoms. The second kappa shape index (κ2) is 9.58. The molecule has 0 spiro atoms. The highest BCUT2D eigenvalue weighted by molar-refractivity contribution is 8.00. The summed E-state index contributed by atoms with van der Waals surface area (Å²) in [6.07, 6.45) is 0.914. The van der Waals surface area contributed by atoms with Gasteiger partial charge in [-0.1, -0.05) is 23.9 Å². The number of hydrogen-bond acceptors (Lipinski definition) is 6. The van der Waals surface area contributed by atoms with Crippen LogP contribution in [-0.4, -0.2) is 42.5 Å². The third-order valence-electron chi connectivity index (χ3n) is 3.61. The quantitative estimate of drug-likeness (QED) is 0.517. The zero-order valence-electron chi connectivity index (χ0n) is 14.7. The van der Waals surface area contributed by atoms with Crippen LogP contribution in [0.15, 0.2) is 34.0 Å². The monoisotopic (exact) mass is 378 g/mol. The fourth-order valence-corrected chi connectivity index (χ4v) is 3.98. The average molecular weight is 379 g/mol. The Morgan fingerprint density at radius 3 is 2.60 bits per heavy atom. The summed E-state index contributed by atoms with van der Waals surface area (Å²) in [4.78, 5) is 29.5. The molecule has 0 saturated carbocycles. The molecule has 2 aromatic rings. The van der Waals surface area contributed by atoms with Crippen molar-refractivity contribution in [3.63, 3.8) is 0 Å². The number of benzene rings is 1. The lowest BCUT2D eigenvalue weighted by Gasteiger charge is -2.17. The van der Waals surface area contributed by atoms with Crippen molar-refractivity contribution in [2.75, 3.05) is 20.7 Å². The molecule has 0 unspecified atom stereocenters. The summed E-state index contributed by atoms with van der Waals surface area (Å²) >= 11 is 3.35. The minimum atomic E-state index is -0.252. The zero-order chi connectivity index (χ0) is 18.2. The first kappa shape index (κ1) is 19.5. The minimum absolute atomic E-state index is 0.0420. The molecule has 1 amide bonds. The number of thiazole rings is 1. The normalized spacial score (nSPS) is 10.5. The second-order valence-electron chi connectivity index (χ2n) is 5.65. The molecule has 0 aliphatic carbocycles. The van der Waals surface area contributed by atoms with Crippen molar-refractivity contribution >= 4 is 35.0 Å². The molecule has 0 aliphatic rings. The van der Waals surface area contributed by atoms with Crippen molar-refractivity contribution in [3.05, 3.63) is 46.5 Å². The lowest BCUT2D eigenvalue weighted by molar-refractivity contribution is -0.140. The number of carbonyl (C=O) groups excluding carboxylic acids is 2. The van der Waals surface area contributed by atoms with E-state index in [0.717, 1.165) is 21.3 Å². The summed E-state index contributed by atoms with van der Waals surface area (Å²) in [6.45, 7) is 2.51. The predicted octanol–water partition coefficient (Wildman–Crippen LogP) is 3.77. The standard InChI is InChI=1S/C18H22N2O3S2/c1-13-11-24-18(19-13)25-12-14-6-8-15(9-7-14)17(22)20(2)10-4-5-16(21)23-3/h6-9,11H,4-5,10,12H2,1-3H3. The van der Waals surface area contributed by atoms with Crippen LogP contribution in [0.3, 0.4) is 0 Å². The van der Waals surface area contributed by atoms with E-state index < -0.39 is 0 Å². The van der Waals surface area contributed by atoms with E-state index in [9.17, 15) is 9.59 Å². The first-order valence-electron chi connectivity index (χ1n) is 7.95. The minimum Gasteiger partial charge on any atom is -0.469 e. The fraction of sp³-hybridized carbons (Fsp3) is 0.389. The van der Waals surface area contributed by atoms with Gasteiger partial charge in [-0.25, -0.2) is 4.98 Å². The molecule has 2 rings (SSSR count). The van der Waals surface area contributed by atoms with Gasteiger partial charge >= 0.3 is 5.97 Å². The Bertz CT molecular complexity index is 713. The number of rotatable bonds is 8. The van der Waals surface area contributed by atoms with Gasteiger partial charge in [0.25, 0.3) is 5.91 Å². The summed E-state index contributed by atoms with van der Waals surface area (Å²) in [5.41, 5.74) is 2.85. The van der Waals surface area contributed by atoms with Gasteiger partial charge in [-0.05, 0) is 31.0 Å². The highest BCUT2D eigenvalue weighted by Crippen LogP contribution is 2.26. The van der Waals surface area contributed by atoms with Gasteiger partial charge in [0.15, 0.2) is 0 Å².